The van der Waals surface area contributed by atoms with Crippen LogP contribution in [0.5, 0.6) is 0 Å². The lowest BCUT2D eigenvalue weighted by atomic mass is 10.0. The van der Waals surface area contributed by atoms with Gasteiger partial charge in [-0.2, -0.15) is 5.10 Å². The number of amides is 1. The molecule has 0 bridgehead atoms. The highest BCUT2D eigenvalue weighted by atomic mass is 16.5. The molecule has 1 N–H and O–H groups in total. The molecule has 0 aliphatic rings. The zero-order valence-corrected chi connectivity index (χ0v) is 16.2. The minimum atomic E-state index is -0.545. The van der Waals surface area contributed by atoms with Crippen molar-refractivity contribution in [3.8, 4) is 5.69 Å². The van der Waals surface area contributed by atoms with Crippen molar-refractivity contribution in [3.63, 3.8) is 0 Å². The Balaban J connectivity index is 1.58. The lowest BCUT2D eigenvalue weighted by molar-refractivity contribution is -0.119. The number of benzene rings is 2. The first-order valence-electron chi connectivity index (χ1n) is 9.12. The molecule has 0 aliphatic heterocycles. The molecule has 28 heavy (non-hydrogen) atoms. The molecule has 0 saturated carbocycles. The van der Waals surface area contributed by atoms with Gasteiger partial charge in [-0.25, -0.2) is 9.48 Å². The molecule has 3 aromatic rings. The third-order valence-corrected chi connectivity index (χ3v) is 4.37. The van der Waals surface area contributed by atoms with Crippen LogP contribution in [0, 0.1) is 6.92 Å². The van der Waals surface area contributed by atoms with Gasteiger partial charge in [-0.05, 0) is 54.8 Å². The molecular formula is C22H23N3O3. The van der Waals surface area contributed by atoms with Crippen molar-refractivity contribution >= 4 is 17.6 Å². The van der Waals surface area contributed by atoms with Crippen LogP contribution in [0.2, 0.25) is 0 Å². The topological polar surface area (TPSA) is 73.2 Å². The predicted molar refractivity (Wildman–Crippen MR) is 108 cm³/mol. The fourth-order valence-corrected chi connectivity index (χ4v) is 2.89. The maximum absolute atomic E-state index is 12.2. The first kappa shape index (κ1) is 19.4. The molecular weight excluding hydrogens is 354 g/mol. The van der Waals surface area contributed by atoms with Gasteiger partial charge in [0.1, 0.15) is 0 Å². The highest BCUT2D eigenvalue weighted by molar-refractivity contribution is 5.96. The number of rotatable bonds is 6. The number of esters is 1. The van der Waals surface area contributed by atoms with Crippen LogP contribution in [0.1, 0.15) is 41.4 Å². The van der Waals surface area contributed by atoms with Crippen LogP contribution in [0.15, 0.2) is 60.8 Å². The zero-order chi connectivity index (χ0) is 20.1. The summed E-state index contributed by atoms with van der Waals surface area (Å²) >= 11 is 0. The Morgan fingerprint density at radius 1 is 1.07 bits per heavy atom. The van der Waals surface area contributed by atoms with Crippen LogP contribution in [0.3, 0.4) is 0 Å². The summed E-state index contributed by atoms with van der Waals surface area (Å²) in [6.07, 6.45) is 1.72. The minimum absolute atomic E-state index is 0.274. The van der Waals surface area contributed by atoms with E-state index < -0.39 is 5.97 Å². The molecule has 1 aromatic heterocycles. The van der Waals surface area contributed by atoms with Crippen LogP contribution >= 0.6 is 0 Å². The van der Waals surface area contributed by atoms with E-state index in [1.165, 1.54) is 0 Å². The van der Waals surface area contributed by atoms with Gasteiger partial charge in [-0.15, -0.1) is 0 Å². The quantitative estimate of drug-likeness (QED) is 0.657. The Hall–Kier alpha value is -3.41. The Morgan fingerprint density at radius 3 is 2.43 bits per heavy atom. The number of anilines is 1. The normalized spacial score (nSPS) is 10.7. The van der Waals surface area contributed by atoms with Gasteiger partial charge in [0.15, 0.2) is 6.61 Å². The number of hydrogen-bond acceptors (Lipinski definition) is 4. The van der Waals surface area contributed by atoms with Gasteiger partial charge in [0.25, 0.3) is 5.91 Å². The van der Waals surface area contributed by atoms with E-state index in [4.69, 9.17) is 4.74 Å². The van der Waals surface area contributed by atoms with Crippen LogP contribution in [-0.4, -0.2) is 28.3 Å². The molecule has 0 aliphatic carbocycles. The van der Waals surface area contributed by atoms with Crippen LogP contribution in [-0.2, 0) is 9.53 Å². The largest absolute Gasteiger partial charge is 0.452 e. The lowest BCUT2D eigenvalue weighted by Crippen LogP contribution is -2.21. The average Bonchev–Trinajstić information content (AvgIpc) is 3.12. The summed E-state index contributed by atoms with van der Waals surface area (Å²) in [5, 5.41) is 7.03. The molecule has 0 radical (unpaired) electrons. The van der Waals surface area contributed by atoms with E-state index in [0.29, 0.717) is 5.56 Å². The average molecular weight is 377 g/mol. The van der Waals surface area contributed by atoms with Crippen molar-refractivity contribution in [2.24, 2.45) is 0 Å². The lowest BCUT2D eigenvalue weighted by Gasteiger charge is -2.13. The highest BCUT2D eigenvalue weighted by Crippen LogP contribution is 2.23. The Morgan fingerprint density at radius 2 is 1.79 bits per heavy atom. The maximum Gasteiger partial charge on any atom is 0.338 e. The SMILES string of the molecule is Cc1ccnn1-c1ccc(C(=O)OCC(=O)Nc2ccccc2C(C)C)cc1. The van der Waals surface area contributed by atoms with E-state index >= 15 is 0 Å². The van der Waals surface area contributed by atoms with Crippen molar-refractivity contribution in [2.45, 2.75) is 26.7 Å². The number of aryl methyl sites for hydroxylation is 1. The van der Waals surface area contributed by atoms with Crippen LogP contribution in [0.25, 0.3) is 5.69 Å². The molecule has 0 spiro atoms. The van der Waals surface area contributed by atoms with Crippen LogP contribution < -0.4 is 5.32 Å². The Kier molecular flexibility index (Phi) is 5.89. The van der Waals surface area contributed by atoms with Crippen molar-refractivity contribution in [2.75, 3.05) is 11.9 Å². The van der Waals surface area contributed by atoms with Gasteiger partial charge in [0.05, 0.1) is 11.3 Å². The monoisotopic (exact) mass is 377 g/mol. The molecule has 1 amide bonds. The minimum Gasteiger partial charge on any atom is -0.452 e. The van der Waals surface area contributed by atoms with Crippen molar-refractivity contribution < 1.29 is 14.3 Å². The molecule has 0 atom stereocenters. The second-order valence-electron chi connectivity index (χ2n) is 6.80. The number of nitrogens with one attached hydrogen (secondary N) is 1. The summed E-state index contributed by atoms with van der Waals surface area (Å²) in [6, 6.07) is 16.4. The molecule has 6 nitrogen and oxygen atoms in total. The second-order valence-corrected chi connectivity index (χ2v) is 6.80. The van der Waals surface area contributed by atoms with Crippen molar-refractivity contribution in [3.05, 3.63) is 77.6 Å². The van der Waals surface area contributed by atoms with Crippen LogP contribution in [0.4, 0.5) is 5.69 Å². The van der Waals surface area contributed by atoms with Crippen molar-refractivity contribution in [1.82, 2.24) is 9.78 Å². The van der Waals surface area contributed by atoms with Gasteiger partial charge >= 0.3 is 5.97 Å². The van der Waals surface area contributed by atoms with E-state index in [2.05, 4.69) is 24.3 Å². The number of hydrogen-bond donors (Lipinski definition) is 1. The smallest absolute Gasteiger partial charge is 0.338 e. The summed E-state index contributed by atoms with van der Waals surface area (Å²) in [4.78, 5) is 24.4. The Bertz CT molecular complexity index is 975. The first-order valence-corrected chi connectivity index (χ1v) is 9.12. The van der Waals surface area contributed by atoms with E-state index in [9.17, 15) is 9.59 Å². The predicted octanol–water partition coefficient (Wildman–Crippen LogP) is 4.10. The fourth-order valence-electron chi connectivity index (χ4n) is 2.89. The molecule has 0 saturated heterocycles. The number of carbonyl (C=O) groups excluding carboxylic acids is 2. The van der Waals surface area contributed by atoms with E-state index in [0.717, 1.165) is 22.6 Å². The van der Waals surface area contributed by atoms with Gasteiger partial charge in [0.2, 0.25) is 0 Å². The molecule has 144 valence electrons. The zero-order valence-electron chi connectivity index (χ0n) is 16.2. The summed E-state index contributed by atoms with van der Waals surface area (Å²) in [5.41, 5.74) is 3.99. The number of nitrogens with zero attached hydrogens (tertiary/aromatic N) is 2. The van der Waals surface area contributed by atoms with E-state index in [1.54, 1.807) is 35.1 Å². The first-order chi connectivity index (χ1) is 13.5. The standard InChI is InChI=1S/C22H23N3O3/c1-15(2)19-6-4-5-7-20(19)24-21(26)14-28-22(27)17-8-10-18(11-9-17)25-16(3)12-13-23-25/h4-13,15H,14H2,1-3H3,(H,24,26). The Labute approximate surface area is 164 Å². The maximum atomic E-state index is 12.2. The third kappa shape index (κ3) is 4.46. The highest BCUT2D eigenvalue weighted by Gasteiger charge is 2.13. The van der Waals surface area contributed by atoms with Gasteiger partial charge < -0.3 is 10.1 Å². The molecule has 0 fully saturated rings. The number of ether oxygens (including phenoxy) is 1. The number of carbonyl (C=O) groups is 2. The summed E-state index contributed by atoms with van der Waals surface area (Å²) < 4.78 is 6.92. The molecule has 6 heteroatoms. The van der Waals surface area contributed by atoms with Crippen molar-refractivity contribution in [1.29, 1.82) is 0 Å². The molecule has 1 heterocycles. The summed E-state index contributed by atoms with van der Waals surface area (Å²) in [6.45, 7) is 5.72. The second kappa shape index (κ2) is 8.52. The number of para-hydroxylation sites is 1. The number of aromatic nitrogens is 2. The molecule has 3 rings (SSSR count). The van der Waals surface area contributed by atoms with E-state index in [-0.39, 0.29) is 18.4 Å². The fraction of sp³-hybridized carbons (Fsp3) is 0.227. The van der Waals surface area contributed by atoms with E-state index in [1.807, 2.05) is 37.3 Å². The molecule has 2 aromatic carbocycles. The third-order valence-electron chi connectivity index (χ3n) is 4.37. The summed E-state index contributed by atoms with van der Waals surface area (Å²) in [7, 11) is 0. The molecule has 0 unspecified atom stereocenters. The van der Waals surface area contributed by atoms with Gasteiger partial charge in [0, 0.05) is 17.6 Å². The summed E-state index contributed by atoms with van der Waals surface area (Å²) in [5.74, 6) is -0.641. The van der Waals surface area contributed by atoms with Gasteiger partial charge in [-0.3, -0.25) is 4.79 Å². The van der Waals surface area contributed by atoms with Gasteiger partial charge in [-0.1, -0.05) is 32.0 Å².